The Bertz CT molecular complexity index is 555. The van der Waals surface area contributed by atoms with E-state index >= 15 is 0 Å². The minimum Gasteiger partial charge on any atom is -0.378 e. The van der Waals surface area contributed by atoms with Gasteiger partial charge in [-0.05, 0) is 19.3 Å². The third-order valence-electron chi connectivity index (χ3n) is 5.97. The van der Waals surface area contributed by atoms with Crippen LogP contribution in [0.1, 0.15) is 58.3 Å². The predicted molar refractivity (Wildman–Crippen MR) is 98.8 cm³/mol. The molecule has 0 aromatic rings. The van der Waals surface area contributed by atoms with Crippen LogP contribution in [0.3, 0.4) is 0 Å². The summed E-state index contributed by atoms with van der Waals surface area (Å²) >= 11 is 0. The van der Waals surface area contributed by atoms with Gasteiger partial charge in [-0.25, -0.2) is 0 Å². The Balaban J connectivity index is 1.63. The molecule has 0 aromatic heterocycles. The molecule has 7 nitrogen and oxygen atoms in total. The molecule has 152 valence electrons. The van der Waals surface area contributed by atoms with Crippen LogP contribution in [-0.2, 0) is 23.9 Å². The first-order valence-electron chi connectivity index (χ1n) is 10.3. The third kappa shape index (κ3) is 5.75. The Hall–Kier alpha value is -1.47. The van der Waals surface area contributed by atoms with Crippen molar-refractivity contribution in [3.05, 3.63) is 0 Å². The number of ether oxygens (including phenoxy) is 2. The van der Waals surface area contributed by atoms with Gasteiger partial charge in [0.1, 0.15) is 12.3 Å². The summed E-state index contributed by atoms with van der Waals surface area (Å²) in [4.78, 5) is 39.1. The zero-order valence-corrected chi connectivity index (χ0v) is 16.3. The lowest BCUT2D eigenvalue weighted by Gasteiger charge is -2.32. The van der Waals surface area contributed by atoms with Crippen LogP contribution in [0.4, 0.5) is 0 Å². The van der Waals surface area contributed by atoms with Crippen LogP contribution >= 0.6 is 0 Å². The van der Waals surface area contributed by atoms with E-state index in [1.54, 1.807) is 11.8 Å². The maximum atomic E-state index is 13.0. The standard InChI is InChI=1S/C20H32N2O5/c1-20(13-17(23)14-27-20)21-19(25)16(11-15-5-3-2-4-6-15)12-18(24)22-7-9-26-10-8-22/h15-16H,2-14H2,1H3,(H,21,25)/t16-,20?/m1/s1. The van der Waals surface area contributed by atoms with E-state index in [1.807, 2.05) is 0 Å². The molecule has 7 heteroatoms. The van der Waals surface area contributed by atoms with Crippen LogP contribution < -0.4 is 5.32 Å². The summed E-state index contributed by atoms with van der Waals surface area (Å²) in [7, 11) is 0. The summed E-state index contributed by atoms with van der Waals surface area (Å²) in [6.45, 7) is 4.06. The van der Waals surface area contributed by atoms with Crippen LogP contribution in [0.25, 0.3) is 0 Å². The van der Waals surface area contributed by atoms with Crippen molar-refractivity contribution < 1.29 is 23.9 Å². The number of nitrogens with one attached hydrogen (secondary N) is 1. The Morgan fingerprint density at radius 1 is 1.22 bits per heavy atom. The number of amides is 2. The lowest BCUT2D eigenvalue weighted by Crippen LogP contribution is -2.49. The highest BCUT2D eigenvalue weighted by atomic mass is 16.5. The molecule has 1 N–H and O–H groups in total. The van der Waals surface area contributed by atoms with Gasteiger partial charge >= 0.3 is 0 Å². The van der Waals surface area contributed by atoms with E-state index in [9.17, 15) is 14.4 Å². The van der Waals surface area contributed by atoms with E-state index < -0.39 is 5.72 Å². The van der Waals surface area contributed by atoms with Crippen molar-refractivity contribution in [1.82, 2.24) is 10.2 Å². The molecule has 0 spiro atoms. The first-order chi connectivity index (χ1) is 13.0. The van der Waals surface area contributed by atoms with Gasteiger partial charge in [0.2, 0.25) is 11.8 Å². The Labute approximate surface area is 161 Å². The van der Waals surface area contributed by atoms with Crippen LogP contribution in [0.2, 0.25) is 0 Å². The smallest absolute Gasteiger partial charge is 0.225 e. The largest absolute Gasteiger partial charge is 0.378 e. The fourth-order valence-electron chi connectivity index (χ4n) is 4.42. The van der Waals surface area contributed by atoms with Gasteiger partial charge in [0, 0.05) is 25.4 Å². The molecule has 2 aliphatic heterocycles. The highest BCUT2D eigenvalue weighted by Crippen LogP contribution is 2.31. The Morgan fingerprint density at radius 2 is 1.93 bits per heavy atom. The van der Waals surface area contributed by atoms with Crippen LogP contribution in [-0.4, -0.2) is 61.1 Å². The fourth-order valence-corrected chi connectivity index (χ4v) is 4.42. The highest BCUT2D eigenvalue weighted by molar-refractivity contribution is 5.88. The van der Waals surface area contributed by atoms with Crippen LogP contribution in [0, 0.1) is 11.8 Å². The van der Waals surface area contributed by atoms with Crippen molar-refractivity contribution in [2.75, 3.05) is 32.9 Å². The number of hydrogen-bond donors (Lipinski definition) is 1. The van der Waals surface area contributed by atoms with Gasteiger partial charge < -0.3 is 19.7 Å². The predicted octanol–water partition coefficient (Wildman–Crippen LogP) is 1.64. The third-order valence-corrected chi connectivity index (χ3v) is 5.97. The minimum atomic E-state index is -0.943. The van der Waals surface area contributed by atoms with Gasteiger partial charge in [-0.2, -0.15) is 0 Å². The molecule has 1 saturated carbocycles. The second-order valence-corrected chi connectivity index (χ2v) is 8.36. The lowest BCUT2D eigenvalue weighted by molar-refractivity contribution is -0.142. The average molecular weight is 380 g/mol. The number of hydrogen-bond acceptors (Lipinski definition) is 5. The Morgan fingerprint density at radius 3 is 2.56 bits per heavy atom. The van der Waals surface area contributed by atoms with E-state index in [2.05, 4.69) is 5.32 Å². The molecule has 1 aliphatic carbocycles. The summed E-state index contributed by atoms with van der Waals surface area (Å²) in [5.41, 5.74) is -0.943. The normalized spacial score (nSPS) is 28.2. The molecule has 2 heterocycles. The minimum absolute atomic E-state index is 0.00831. The van der Waals surface area contributed by atoms with E-state index in [0.29, 0.717) is 32.2 Å². The second-order valence-electron chi connectivity index (χ2n) is 8.36. The summed E-state index contributed by atoms with van der Waals surface area (Å²) in [6, 6.07) is 0. The number of carbonyl (C=O) groups is 3. The number of nitrogens with zero attached hydrogens (tertiary/aromatic N) is 1. The lowest BCUT2D eigenvalue weighted by atomic mass is 9.81. The van der Waals surface area contributed by atoms with E-state index in [1.165, 1.54) is 19.3 Å². The van der Waals surface area contributed by atoms with Gasteiger partial charge in [-0.1, -0.05) is 32.1 Å². The fraction of sp³-hybridized carbons (Fsp3) is 0.850. The van der Waals surface area contributed by atoms with Crippen molar-refractivity contribution in [3.8, 4) is 0 Å². The molecule has 2 amide bonds. The van der Waals surface area contributed by atoms with Crippen molar-refractivity contribution >= 4 is 17.6 Å². The van der Waals surface area contributed by atoms with Gasteiger partial charge in [-0.3, -0.25) is 14.4 Å². The molecule has 0 radical (unpaired) electrons. The maximum absolute atomic E-state index is 13.0. The average Bonchev–Trinajstić information content (AvgIpc) is 3.01. The highest BCUT2D eigenvalue weighted by Gasteiger charge is 2.39. The molecule has 0 aromatic carbocycles. The summed E-state index contributed by atoms with van der Waals surface area (Å²) in [5, 5.41) is 2.91. The van der Waals surface area contributed by atoms with Crippen molar-refractivity contribution in [1.29, 1.82) is 0 Å². The number of morpholine rings is 1. The number of ketones is 1. The van der Waals surface area contributed by atoms with Crippen LogP contribution in [0.15, 0.2) is 0 Å². The van der Waals surface area contributed by atoms with Crippen molar-refractivity contribution in [3.63, 3.8) is 0 Å². The van der Waals surface area contributed by atoms with Crippen molar-refractivity contribution in [2.24, 2.45) is 11.8 Å². The van der Waals surface area contributed by atoms with E-state index in [0.717, 1.165) is 19.3 Å². The topological polar surface area (TPSA) is 84.9 Å². The zero-order chi connectivity index (χ0) is 19.3. The number of rotatable bonds is 6. The second kappa shape index (κ2) is 9.15. The molecule has 1 unspecified atom stereocenters. The molecule has 0 bridgehead atoms. The van der Waals surface area contributed by atoms with E-state index in [-0.39, 0.29) is 43.0 Å². The Kier molecular flexibility index (Phi) is 6.87. The van der Waals surface area contributed by atoms with Gasteiger partial charge in [0.05, 0.1) is 19.6 Å². The molecule has 3 fully saturated rings. The molecule has 2 atom stereocenters. The summed E-state index contributed by atoms with van der Waals surface area (Å²) in [6.07, 6.45) is 7.04. The quantitative estimate of drug-likeness (QED) is 0.757. The molecule has 3 aliphatic rings. The molecule has 2 saturated heterocycles. The van der Waals surface area contributed by atoms with E-state index in [4.69, 9.17) is 9.47 Å². The zero-order valence-electron chi connectivity index (χ0n) is 16.3. The monoisotopic (exact) mass is 380 g/mol. The van der Waals surface area contributed by atoms with Gasteiger partial charge in [0.15, 0.2) is 5.78 Å². The molecular formula is C20H32N2O5. The summed E-state index contributed by atoms with van der Waals surface area (Å²) < 4.78 is 10.8. The first kappa shape index (κ1) is 20.3. The molecular weight excluding hydrogens is 348 g/mol. The molecule has 27 heavy (non-hydrogen) atoms. The van der Waals surface area contributed by atoms with Gasteiger partial charge in [-0.15, -0.1) is 0 Å². The first-order valence-corrected chi connectivity index (χ1v) is 10.3. The maximum Gasteiger partial charge on any atom is 0.225 e. The van der Waals surface area contributed by atoms with Crippen molar-refractivity contribution in [2.45, 2.75) is 64.0 Å². The summed E-state index contributed by atoms with van der Waals surface area (Å²) in [5.74, 6) is -0.0428. The SMILES string of the molecule is CC1(NC(=O)[C@@H](CC(=O)N2CCOCC2)CC2CCCCC2)CC(=O)CO1. The number of carbonyl (C=O) groups excluding carboxylic acids is 3. The number of Topliss-reactive ketones (excluding diaryl/α,β-unsaturated/α-hetero) is 1. The van der Waals surface area contributed by atoms with Crippen LogP contribution in [0.5, 0.6) is 0 Å². The molecule has 3 rings (SSSR count). The van der Waals surface area contributed by atoms with Gasteiger partial charge in [0.25, 0.3) is 0 Å².